The van der Waals surface area contributed by atoms with Crippen LogP contribution in [0.3, 0.4) is 0 Å². The summed E-state index contributed by atoms with van der Waals surface area (Å²) >= 11 is 0. The van der Waals surface area contributed by atoms with Gasteiger partial charge in [-0.15, -0.1) is 0 Å². The van der Waals surface area contributed by atoms with Gasteiger partial charge in [0, 0.05) is 42.5 Å². The van der Waals surface area contributed by atoms with Crippen LogP contribution in [-0.2, 0) is 21.0 Å². The molecule has 0 aliphatic carbocycles. The molecule has 2 aromatic heterocycles. The number of nitrogens with zero attached hydrogens (tertiary/aromatic N) is 4. The van der Waals surface area contributed by atoms with E-state index < -0.39 is 35.6 Å². The van der Waals surface area contributed by atoms with Crippen molar-refractivity contribution in [2.24, 2.45) is 17.3 Å². The fraction of sp³-hybridized carbons (Fsp3) is 0.667. The highest BCUT2D eigenvalue weighted by molar-refractivity contribution is 5.88. The van der Waals surface area contributed by atoms with Gasteiger partial charge in [0.05, 0.1) is 29.7 Å². The van der Waals surface area contributed by atoms with Crippen LogP contribution in [0.5, 0.6) is 0 Å². The highest BCUT2D eigenvalue weighted by Gasteiger charge is 2.50. The number of aliphatic hydroxyl groups excluding tert-OH is 2. The second kappa shape index (κ2) is 12.0. The molecule has 4 heterocycles. The van der Waals surface area contributed by atoms with Crippen LogP contribution >= 0.6 is 0 Å². The van der Waals surface area contributed by atoms with E-state index in [1.807, 2.05) is 44.4 Å². The maximum Gasteiger partial charge on any atom is 0.309 e. The first kappa shape index (κ1) is 30.1. The van der Waals surface area contributed by atoms with Gasteiger partial charge in [-0.1, -0.05) is 34.1 Å². The Morgan fingerprint density at radius 2 is 1.95 bits per heavy atom. The molecule has 0 aromatic carbocycles. The highest BCUT2D eigenvalue weighted by Crippen LogP contribution is 2.38. The normalized spacial score (nSPS) is 34.2. The molecule has 2 fully saturated rings. The van der Waals surface area contributed by atoms with Gasteiger partial charge in [-0.3, -0.25) is 19.0 Å². The number of cyclic esters (lactones) is 1. The predicted molar refractivity (Wildman–Crippen MR) is 151 cm³/mol. The third kappa shape index (κ3) is 6.90. The summed E-state index contributed by atoms with van der Waals surface area (Å²) in [4.78, 5) is 26.4. The number of ketones is 1. The number of Topliss-reactive ketones (excluding diaryl/α,β-unsaturated/α-hetero) is 1. The molecule has 2 aromatic rings. The van der Waals surface area contributed by atoms with Gasteiger partial charge in [0.2, 0.25) is 0 Å². The molecule has 0 bridgehead atoms. The second-order valence-corrected chi connectivity index (χ2v) is 12.6. The Balaban J connectivity index is 1.54. The first-order valence-corrected chi connectivity index (χ1v) is 14.4. The van der Waals surface area contributed by atoms with E-state index in [0.717, 1.165) is 30.5 Å². The molecule has 2 saturated heterocycles. The molecule has 0 radical (unpaired) electrons. The summed E-state index contributed by atoms with van der Waals surface area (Å²) in [5.74, 6) is -1.53. The number of fused-ring (bicyclic) bond motifs is 1. The van der Waals surface area contributed by atoms with Crippen molar-refractivity contribution in [3.8, 4) is 0 Å². The fourth-order valence-electron chi connectivity index (χ4n) is 5.84. The Morgan fingerprint density at radius 1 is 1.20 bits per heavy atom. The number of nitrogens with one attached hydrogen (secondary N) is 1. The molecule has 10 heteroatoms. The largest absolute Gasteiger partial charge is 0.458 e. The number of carbonyl (C=O) groups is 2. The van der Waals surface area contributed by atoms with Crippen molar-refractivity contribution in [3.63, 3.8) is 0 Å². The summed E-state index contributed by atoms with van der Waals surface area (Å²) in [6, 6.07) is 3.93. The smallest absolute Gasteiger partial charge is 0.309 e. The van der Waals surface area contributed by atoms with Crippen molar-refractivity contribution in [2.75, 3.05) is 0 Å². The minimum Gasteiger partial charge on any atom is -0.458 e. The first-order valence-electron chi connectivity index (χ1n) is 14.4. The molecule has 0 spiro atoms. The van der Waals surface area contributed by atoms with Crippen LogP contribution in [0.15, 0.2) is 36.3 Å². The zero-order valence-electron chi connectivity index (χ0n) is 24.6. The van der Waals surface area contributed by atoms with E-state index in [9.17, 15) is 19.8 Å². The van der Waals surface area contributed by atoms with Gasteiger partial charge in [0.25, 0.3) is 0 Å². The SMILES string of the molecule is C/C(=C\c1ccn(Cn2cccn2)n1)[C@@H]1C[C@@H]2N[C@]2(C)CCC[C@H](C)[C@H](O)[C@@H](C)C(=O)C(C)(C)[C@@H](O)CC(=O)O1. The van der Waals surface area contributed by atoms with Crippen LogP contribution in [0.25, 0.3) is 6.08 Å². The lowest BCUT2D eigenvalue weighted by Crippen LogP contribution is -2.45. The zero-order valence-corrected chi connectivity index (χ0v) is 24.6. The Kier molecular flexibility index (Phi) is 9.02. The Labute approximate surface area is 236 Å². The minimum atomic E-state index is -1.24. The molecule has 2 aliphatic heterocycles. The number of rotatable bonds is 4. The van der Waals surface area contributed by atoms with Crippen LogP contribution in [0.2, 0.25) is 0 Å². The van der Waals surface area contributed by atoms with Crippen molar-refractivity contribution in [2.45, 2.75) is 110 Å². The van der Waals surface area contributed by atoms with E-state index in [0.29, 0.717) is 13.1 Å². The van der Waals surface area contributed by atoms with Gasteiger partial charge in [0.15, 0.2) is 0 Å². The van der Waals surface area contributed by atoms with Crippen LogP contribution in [-0.4, -0.2) is 71.4 Å². The molecule has 10 nitrogen and oxygen atoms in total. The number of hydrogen-bond acceptors (Lipinski definition) is 8. The molecule has 40 heavy (non-hydrogen) atoms. The maximum atomic E-state index is 13.3. The van der Waals surface area contributed by atoms with Crippen molar-refractivity contribution in [1.29, 1.82) is 0 Å². The monoisotopic (exact) mass is 555 g/mol. The van der Waals surface area contributed by atoms with Gasteiger partial charge < -0.3 is 20.3 Å². The Hall–Kier alpha value is -2.82. The molecule has 0 amide bonds. The fourth-order valence-corrected chi connectivity index (χ4v) is 5.84. The Morgan fingerprint density at radius 3 is 2.65 bits per heavy atom. The van der Waals surface area contributed by atoms with Gasteiger partial charge in [-0.25, -0.2) is 0 Å². The van der Waals surface area contributed by atoms with E-state index in [1.54, 1.807) is 36.3 Å². The van der Waals surface area contributed by atoms with Crippen molar-refractivity contribution in [1.82, 2.24) is 24.9 Å². The average molecular weight is 556 g/mol. The predicted octanol–water partition coefficient (Wildman–Crippen LogP) is 3.18. The summed E-state index contributed by atoms with van der Waals surface area (Å²) in [7, 11) is 0. The lowest BCUT2D eigenvalue weighted by atomic mass is 9.73. The third-order valence-electron chi connectivity index (χ3n) is 9.00. The molecule has 3 N–H and O–H groups in total. The molecule has 0 unspecified atom stereocenters. The van der Waals surface area contributed by atoms with Crippen molar-refractivity contribution in [3.05, 3.63) is 42.0 Å². The lowest BCUT2D eigenvalue weighted by Gasteiger charge is -2.34. The zero-order chi connectivity index (χ0) is 29.2. The Bertz CT molecular complexity index is 1200. The molecule has 2 aliphatic rings. The van der Waals surface area contributed by atoms with E-state index in [1.165, 1.54) is 0 Å². The molecule has 0 saturated carbocycles. The van der Waals surface area contributed by atoms with Crippen LogP contribution in [0, 0.1) is 17.3 Å². The summed E-state index contributed by atoms with van der Waals surface area (Å²) in [6.45, 7) is 11.5. The third-order valence-corrected chi connectivity index (χ3v) is 9.00. The first-order chi connectivity index (χ1) is 18.8. The van der Waals surface area contributed by atoms with Gasteiger partial charge >= 0.3 is 5.97 Å². The number of carbonyl (C=O) groups excluding carboxylic acids is 2. The van der Waals surface area contributed by atoms with E-state index >= 15 is 0 Å². The van der Waals surface area contributed by atoms with Crippen LogP contribution < -0.4 is 5.32 Å². The number of ether oxygens (including phenoxy) is 1. The standard InChI is InChI=1S/C30H45N5O5/c1-19-9-7-11-30(6)24(32-30)16-23(20(2)15-22-10-14-35(33-22)18-34-13-8-12-31-34)40-26(37)17-25(36)29(4,5)28(39)21(3)27(19)38/h8,10,12-15,19,21,23-25,27,32,36,38H,7,9,11,16-18H2,1-6H3/b20-15+/t19-,21+,23-,24-,25-,27-,30+/m0/s1. The number of esters is 1. The van der Waals surface area contributed by atoms with Gasteiger partial charge in [-0.05, 0) is 56.4 Å². The topological polar surface area (TPSA) is 141 Å². The molecule has 220 valence electrons. The van der Waals surface area contributed by atoms with Crippen molar-refractivity contribution < 1.29 is 24.5 Å². The van der Waals surface area contributed by atoms with Crippen LogP contribution in [0.1, 0.15) is 79.3 Å². The van der Waals surface area contributed by atoms with E-state index in [2.05, 4.69) is 22.4 Å². The van der Waals surface area contributed by atoms with Crippen LogP contribution in [0.4, 0.5) is 0 Å². The lowest BCUT2D eigenvalue weighted by molar-refractivity contribution is -0.154. The summed E-state index contributed by atoms with van der Waals surface area (Å²) < 4.78 is 9.52. The minimum absolute atomic E-state index is 0.0587. The maximum absolute atomic E-state index is 13.3. The van der Waals surface area contributed by atoms with E-state index in [4.69, 9.17) is 4.74 Å². The number of aromatic nitrogens is 4. The molecule has 7 atom stereocenters. The molecular weight excluding hydrogens is 510 g/mol. The number of hydrogen-bond donors (Lipinski definition) is 3. The van der Waals surface area contributed by atoms with Gasteiger partial charge in [-0.2, -0.15) is 10.2 Å². The highest BCUT2D eigenvalue weighted by atomic mass is 16.5. The van der Waals surface area contributed by atoms with Crippen molar-refractivity contribution >= 4 is 17.8 Å². The van der Waals surface area contributed by atoms with E-state index in [-0.39, 0.29) is 29.7 Å². The quantitative estimate of drug-likeness (QED) is 0.386. The molecule has 4 rings (SSSR count). The van der Waals surface area contributed by atoms with Gasteiger partial charge in [0.1, 0.15) is 18.6 Å². The second-order valence-electron chi connectivity index (χ2n) is 12.6. The summed E-state index contributed by atoms with van der Waals surface area (Å²) in [5, 5.41) is 34.3. The summed E-state index contributed by atoms with van der Waals surface area (Å²) in [5.41, 5.74) is 0.299. The number of aliphatic hydroxyl groups is 2. The average Bonchev–Trinajstić information content (AvgIpc) is 3.26. The molecular formula is C30H45N5O5. The summed E-state index contributed by atoms with van der Waals surface area (Å²) in [6.07, 6.45) is 7.72.